The second kappa shape index (κ2) is 2.78. The molecule has 0 spiro atoms. The summed E-state index contributed by atoms with van der Waals surface area (Å²) in [5.74, 6) is 0. The van der Waals surface area contributed by atoms with Crippen LogP contribution in [-0.4, -0.2) is 20.2 Å². The molecule has 0 unspecified atom stereocenters. The molecule has 2 N–H and O–H groups in total. The van der Waals surface area contributed by atoms with Crippen molar-refractivity contribution in [3.05, 3.63) is 28.8 Å². The zero-order valence-corrected chi connectivity index (χ0v) is 4.39. The van der Waals surface area contributed by atoms with Crippen LogP contribution in [0.5, 0.6) is 0 Å². The summed E-state index contributed by atoms with van der Waals surface area (Å²) >= 11 is 0. The van der Waals surface area contributed by atoms with Gasteiger partial charge in [-0.05, 0) is 0 Å². The number of aromatic nitrogens is 2. The molecule has 1 aromatic rings. The van der Waals surface area contributed by atoms with E-state index in [0.29, 0.717) is 0 Å². The quantitative estimate of drug-likeness (QED) is 0.365. The van der Waals surface area contributed by atoms with Crippen LogP contribution in [-0.2, 0) is 0 Å². The summed E-state index contributed by atoms with van der Waals surface area (Å²) in [6, 6.07) is 0. The van der Waals surface area contributed by atoms with E-state index in [9.17, 15) is 10.1 Å². The van der Waals surface area contributed by atoms with Crippen LogP contribution in [0, 0.1) is 10.1 Å². The Labute approximate surface area is 50.2 Å². The van der Waals surface area contributed by atoms with E-state index in [1.807, 2.05) is 0 Å². The molecule has 1 heterocycles. The Kier molecular flexibility index (Phi) is 2.33. The second-order valence-electron chi connectivity index (χ2n) is 1.18. The van der Waals surface area contributed by atoms with Crippen LogP contribution >= 0.6 is 0 Å². The van der Waals surface area contributed by atoms with Crippen molar-refractivity contribution in [2.24, 2.45) is 0 Å². The fourth-order valence-corrected chi connectivity index (χ4v) is 0.349. The molecule has 6 nitrogen and oxygen atoms in total. The Morgan fingerprint density at radius 3 is 2.56 bits per heavy atom. The zero-order valence-electron chi connectivity index (χ0n) is 4.39. The van der Waals surface area contributed by atoms with Crippen LogP contribution in [0.3, 0.4) is 0 Å². The lowest BCUT2D eigenvalue weighted by Crippen LogP contribution is -2.04. The van der Waals surface area contributed by atoms with Crippen LogP contribution in [0.4, 0.5) is 0 Å². The van der Waals surface area contributed by atoms with Crippen molar-refractivity contribution in [3.63, 3.8) is 0 Å². The van der Waals surface area contributed by atoms with Crippen molar-refractivity contribution in [2.75, 3.05) is 0 Å². The highest BCUT2D eigenvalue weighted by atomic mass is 16.7. The SMILES string of the molecule is O.O=[N+]([O-])n1ccnc1. The van der Waals surface area contributed by atoms with Crippen molar-refractivity contribution in [3.8, 4) is 0 Å². The van der Waals surface area contributed by atoms with Gasteiger partial charge in [0.2, 0.25) is 0 Å². The van der Waals surface area contributed by atoms with Crippen molar-refractivity contribution >= 4 is 0 Å². The molecule has 0 radical (unpaired) electrons. The van der Waals surface area contributed by atoms with E-state index in [1.54, 1.807) is 0 Å². The second-order valence-corrected chi connectivity index (χ2v) is 1.18. The third-order valence-electron chi connectivity index (χ3n) is 0.679. The normalized spacial score (nSPS) is 8.00. The lowest BCUT2D eigenvalue weighted by Gasteiger charge is -1.81. The van der Waals surface area contributed by atoms with Crippen LogP contribution in [0.25, 0.3) is 0 Å². The third-order valence-corrected chi connectivity index (χ3v) is 0.679. The van der Waals surface area contributed by atoms with Gasteiger partial charge < -0.3 is 5.48 Å². The van der Waals surface area contributed by atoms with E-state index in [-0.39, 0.29) is 5.48 Å². The lowest BCUT2D eigenvalue weighted by atomic mass is 11.0. The molecule has 0 aliphatic rings. The zero-order chi connectivity index (χ0) is 5.98. The molecular formula is C3H5N3O3. The van der Waals surface area contributed by atoms with E-state index in [4.69, 9.17) is 0 Å². The summed E-state index contributed by atoms with van der Waals surface area (Å²) in [6.07, 6.45) is 3.74. The van der Waals surface area contributed by atoms with Gasteiger partial charge in [-0.3, -0.25) is 0 Å². The summed E-state index contributed by atoms with van der Waals surface area (Å²) in [6.45, 7) is 0. The van der Waals surface area contributed by atoms with Gasteiger partial charge in [0.15, 0.2) is 11.4 Å². The van der Waals surface area contributed by atoms with E-state index < -0.39 is 5.03 Å². The summed E-state index contributed by atoms with van der Waals surface area (Å²) in [7, 11) is 0. The Morgan fingerprint density at radius 2 is 2.33 bits per heavy atom. The highest BCUT2D eigenvalue weighted by Gasteiger charge is 1.94. The molecule has 0 bridgehead atoms. The first-order valence-corrected chi connectivity index (χ1v) is 1.93. The largest absolute Gasteiger partial charge is 0.412 e. The molecule has 0 aliphatic carbocycles. The van der Waals surface area contributed by atoms with Gasteiger partial charge in [-0.25, -0.2) is 15.1 Å². The number of nitro groups is 1. The van der Waals surface area contributed by atoms with E-state index in [1.165, 1.54) is 12.4 Å². The summed E-state index contributed by atoms with van der Waals surface area (Å²) < 4.78 is 0.778. The predicted molar refractivity (Wildman–Crippen MR) is 28.2 cm³/mol. The first kappa shape index (κ1) is 7.57. The molecular weight excluding hydrogens is 126 g/mol. The minimum Gasteiger partial charge on any atom is -0.412 e. The number of rotatable bonds is 1. The highest BCUT2D eigenvalue weighted by Crippen LogP contribution is 1.80. The third kappa shape index (κ3) is 1.50. The van der Waals surface area contributed by atoms with E-state index in [0.717, 1.165) is 11.0 Å². The van der Waals surface area contributed by atoms with Gasteiger partial charge in [0, 0.05) is 0 Å². The molecule has 1 aromatic heterocycles. The predicted octanol–water partition coefficient (Wildman–Crippen LogP) is -0.902. The first-order chi connectivity index (χ1) is 3.80. The van der Waals surface area contributed by atoms with Gasteiger partial charge in [-0.2, -0.15) is 0 Å². The molecule has 0 aromatic carbocycles. The van der Waals surface area contributed by atoms with Gasteiger partial charge in [0.1, 0.15) is 0 Å². The summed E-state index contributed by atoms with van der Waals surface area (Å²) in [5, 5.41) is 9.23. The van der Waals surface area contributed by atoms with Gasteiger partial charge in [-0.1, -0.05) is 4.68 Å². The number of nitrogens with zero attached hydrogens (tertiary/aromatic N) is 3. The van der Waals surface area contributed by atoms with Crippen LogP contribution < -0.4 is 0 Å². The fraction of sp³-hybridized carbons (Fsp3) is 0. The van der Waals surface area contributed by atoms with Crippen molar-refractivity contribution in [2.45, 2.75) is 0 Å². The average molecular weight is 131 g/mol. The van der Waals surface area contributed by atoms with Gasteiger partial charge >= 0.3 is 0 Å². The van der Waals surface area contributed by atoms with Gasteiger partial charge in [-0.15, -0.1) is 0 Å². The van der Waals surface area contributed by atoms with Gasteiger partial charge in [0.25, 0.3) is 0 Å². The molecule has 0 amide bonds. The maximum atomic E-state index is 9.79. The minimum absolute atomic E-state index is 0. The van der Waals surface area contributed by atoms with Crippen LogP contribution in [0.1, 0.15) is 0 Å². The molecule has 6 heteroatoms. The summed E-state index contributed by atoms with van der Waals surface area (Å²) in [4.78, 5) is 13.3. The topological polar surface area (TPSA) is 92.5 Å². The maximum absolute atomic E-state index is 9.79. The molecule has 0 aliphatic heterocycles. The number of imidazole rings is 1. The standard InChI is InChI=1S/C3H3N3O2.H2O/c7-6(8)5-2-1-4-3-5;/h1-3H;1H2. The van der Waals surface area contributed by atoms with Crippen molar-refractivity contribution in [1.29, 1.82) is 0 Å². The van der Waals surface area contributed by atoms with Crippen molar-refractivity contribution in [1.82, 2.24) is 9.66 Å². The smallest absolute Gasteiger partial charge is 0.170 e. The fourth-order valence-electron chi connectivity index (χ4n) is 0.349. The number of hydrogen-bond donors (Lipinski definition) is 0. The molecule has 0 saturated carbocycles. The van der Waals surface area contributed by atoms with Gasteiger partial charge in [0.05, 0.1) is 12.4 Å². The van der Waals surface area contributed by atoms with Crippen LogP contribution in [0.15, 0.2) is 18.7 Å². The van der Waals surface area contributed by atoms with Crippen molar-refractivity contribution < 1.29 is 10.5 Å². The summed E-state index contributed by atoms with van der Waals surface area (Å²) in [5.41, 5.74) is 0. The monoisotopic (exact) mass is 131 g/mol. The van der Waals surface area contributed by atoms with Crippen LogP contribution in [0.2, 0.25) is 0 Å². The minimum atomic E-state index is -0.562. The molecule has 0 fully saturated rings. The highest BCUT2D eigenvalue weighted by molar-refractivity contribution is 4.68. The Balaban J connectivity index is 0.000000640. The average Bonchev–Trinajstić information content (AvgIpc) is 2.12. The molecule has 50 valence electrons. The van der Waals surface area contributed by atoms with E-state index >= 15 is 0 Å². The molecule has 9 heavy (non-hydrogen) atoms. The molecule has 0 atom stereocenters. The Morgan fingerprint density at radius 1 is 1.67 bits per heavy atom. The maximum Gasteiger partial charge on any atom is 0.170 e. The molecule has 0 saturated heterocycles. The molecule has 1 rings (SSSR count). The first-order valence-electron chi connectivity index (χ1n) is 1.93. The van der Waals surface area contributed by atoms with E-state index in [2.05, 4.69) is 4.98 Å². The Hall–Kier alpha value is -1.43. The Bertz CT molecular complexity index is 182. The lowest BCUT2D eigenvalue weighted by molar-refractivity contribution is -0.542. The number of hydrogen-bond acceptors (Lipinski definition) is 3.